The number of rotatable bonds is 1. The van der Waals surface area contributed by atoms with Crippen molar-refractivity contribution < 1.29 is 4.74 Å². The molecule has 2 nitrogen and oxygen atoms in total. The molecule has 0 bridgehead atoms. The molecule has 2 aliphatic rings. The molecule has 0 aromatic heterocycles. The van der Waals surface area contributed by atoms with E-state index >= 15 is 0 Å². The quantitative estimate of drug-likeness (QED) is 0.744. The van der Waals surface area contributed by atoms with E-state index in [-0.39, 0.29) is 5.60 Å². The molecule has 2 rings (SSSR count). The summed E-state index contributed by atoms with van der Waals surface area (Å²) in [5.74, 6) is 1.73. The molecule has 2 heteroatoms. The van der Waals surface area contributed by atoms with Gasteiger partial charge in [0.2, 0.25) is 0 Å². The lowest BCUT2D eigenvalue weighted by molar-refractivity contribution is -0.0938. The molecule has 0 aromatic rings. The fraction of sp³-hybridized carbons (Fsp3) is 1.00. The summed E-state index contributed by atoms with van der Waals surface area (Å²) < 4.78 is 6.10. The molecule has 3 atom stereocenters. The second kappa shape index (κ2) is 5.05. The van der Waals surface area contributed by atoms with Gasteiger partial charge >= 0.3 is 0 Å². The van der Waals surface area contributed by atoms with Crippen LogP contribution < -0.4 is 5.73 Å². The summed E-state index contributed by atoms with van der Waals surface area (Å²) in [5, 5.41) is 0. The molecule has 1 saturated heterocycles. The van der Waals surface area contributed by atoms with E-state index in [2.05, 4.69) is 13.8 Å². The van der Waals surface area contributed by atoms with Crippen LogP contribution in [0.4, 0.5) is 0 Å². The third-order valence-corrected chi connectivity index (χ3v) is 4.65. The van der Waals surface area contributed by atoms with Gasteiger partial charge in [-0.1, -0.05) is 26.7 Å². The summed E-state index contributed by atoms with van der Waals surface area (Å²) in [5.41, 5.74) is 6.26. The Hall–Kier alpha value is -0.0800. The Morgan fingerprint density at radius 2 is 2.00 bits per heavy atom. The van der Waals surface area contributed by atoms with Gasteiger partial charge in [-0.25, -0.2) is 0 Å². The highest BCUT2D eigenvalue weighted by atomic mass is 16.5. The minimum atomic E-state index is 0.154. The molecule has 1 heterocycles. The Morgan fingerprint density at radius 1 is 1.19 bits per heavy atom. The predicted molar refractivity (Wildman–Crippen MR) is 67.3 cm³/mol. The third kappa shape index (κ3) is 2.78. The average molecular weight is 225 g/mol. The smallest absolute Gasteiger partial charge is 0.0697 e. The van der Waals surface area contributed by atoms with Gasteiger partial charge in [0.15, 0.2) is 0 Å². The Kier molecular flexibility index (Phi) is 3.91. The molecule has 1 aliphatic carbocycles. The van der Waals surface area contributed by atoms with Crippen molar-refractivity contribution in [2.45, 2.75) is 70.4 Å². The lowest BCUT2D eigenvalue weighted by atomic mass is 9.83. The van der Waals surface area contributed by atoms with Crippen LogP contribution in [0.1, 0.15) is 58.8 Å². The largest absolute Gasteiger partial charge is 0.375 e. The van der Waals surface area contributed by atoms with Crippen LogP contribution in [0.2, 0.25) is 0 Å². The van der Waals surface area contributed by atoms with Crippen molar-refractivity contribution in [1.82, 2.24) is 0 Å². The maximum Gasteiger partial charge on any atom is 0.0697 e. The van der Waals surface area contributed by atoms with Gasteiger partial charge in [-0.2, -0.15) is 0 Å². The fourth-order valence-electron chi connectivity index (χ4n) is 3.48. The Balaban J connectivity index is 1.96. The summed E-state index contributed by atoms with van der Waals surface area (Å²) in [6.45, 7) is 5.60. The molecule has 0 aromatic carbocycles. The van der Waals surface area contributed by atoms with Gasteiger partial charge < -0.3 is 10.5 Å². The van der Waals surface area contributed by atoms with Crippen molar-refractivity contribution >= 4 is 0 Å². The minimum absolute atomic E-state index is 0.154. The van der Waals surface area contributed by atoms with Crippen LogP contribution >= 0.6 is 0 Å². The maximum atomic E-state index is 6.11. The zero-order valence-electron chi connectivity index (χ0n) is 10.9. The highest BCUT2D eigenvalue weighted by Crippen LogP contribution is 2.40. The van der Waals surface area contributed by atoms with E-state index in [4.69, 9.17) is 10.5 Å². The minimum Gasteiger partial charge on any atom is -0.375 e. The van der Waals surface area contributed by atoms with E-state index in [0.717, 1.165) is 31.3 Å². The maximum absolute atomic E-state index is 6.11. The second-order valence-corrected chi connectivity index (χ2v) is 6.22. The Morgan fingerprint density at radius 3 is 2.69 bits per heavy atom. The van der Waals surface area contributed by atoms with E-state index < -0.39 is 0 Å². The zero-order chi connectivity index (χ0) is 11.6. The summed E-state index contributed by atoms with van der Waals surface area (Å²) in [7, 11) is 0. The highest BCUT2D eigenvalue weighted by Gasteiger charge is 2.38. The lowest BCUT2D eigenvalue weighted by Crippen LogP contribution is -2.44. The molecule has 1 saturated carbocycles. The van der Waals surface area contributed by atoms with Crippen molar-refractivity contribution in [3.8, 4) is 0 Å². The topological polar surface area (TPSA) is 35.2 Å². The summed E-state index contributed by atoms with van der Waals surface area (Å²) in [6.07, 6.45) is 8.68. The summed E-state index contributed by atoms with van der Waals surface area (Å²) >= 11 is 0. The molecule has 3 unspecified atom stereocenters. The van der Waals surface area contributed by atoms with Gasteiger partial charge in [-0.3, -0.25) is 0 Å². The van der Waals surface area contributed by atoms with E-state index in [0.29, 0.717) is 6.04 Å². The fourth-order valence-corrected chi connectivity index (χ4v) is 3.48. The molecule has 94 valence electrons. The predicted octanol–water partition coefficient (Wildman–Crippen LogP) is 3.10. The van der Waals surface area contributed by atoms with Gasteiger partial charge in [-0.05, 0) is 43.9 Å². The number of nitrogens with two attached hydrogens (primary N) is 1. The molecule has 1 aliphatic heterocycles. The first kappa shape index (κ1) is 12.4. The van der Waals surface area contributed by atoms with Crippen molar-refractivity contribution in [2.24, 2.45) is 17.6 Å². The molecular formula is C14H27NO. The monoisotopic (exact) mass is 225 g/mol. The number of hydrogen-bond donors (Lipinski definition) is 1. The normalized spacial score (nSPS) is 41.2. The van der Waals surface area contributed by atoms with E-state index in [1.807, 2.05) is 0 Å². The first-order valence-electron chi connectivity index (χ1n) is 7.01. The Labute approximate surface area is 99.9 Å². The van der Waals surface area contributed by atoms with E-state index in [1.54, 1.807) is 0 Å². The van der Waals surface area contributed by atoms with Crippen molar-refractivity contribution in [2.75, 3.05) is 6.61 Å². The van der Waals surface area contributed by atoms with Crippen LogP contribution in [0.3, 0.4) is 0 Å². The third-order valence-electron chi connectivity index (χ3n) is 4.65. The van der Waals surface area contributed by atoms with Crippen LogP contribution in [0, 0.1) is 11.8 Å². The Bertz CT molecular complexity index is 229. The average Bonchev–Trinajstić information content (AvgIpc) is 2.41. The summed E-state index contributed by atoms with van der Waals surface area (Å²) in [4.78, 5) is 0. The molecule has 1 spiro atoms. The zero-order valence-corrected chi connectivity index (χ0v) is 10.9. The number of hydrogen-bond acceptors (Lipinski definition) is 2. The molecule has 2 N–H and O–H groups in total. The van der Waals surface area contributed by atoms with Gasteiger partial charge in [0.05, 0.1) is 5.60 Å². The van der Waals surface area contributed by atoms with Crippen LogP contribution in [-0.4, -0.2) is 18.2 Å². The SMILES string of the molecule is CC(C)C1CCCC2(CC1)CC(N)CCO2. The summed E-state index contributed by atoms with van der Waals surface area (Å²) in [6, 6.07) is 0.379. The lowest BCUT2D eigenvalue weighted by Gasteiger charge is -2.39. The van der Waals surface area contributed by atoms with Crippen molar-refractivity contribution in [3.63, 3.8) is 0 Å². The molecular weight excluding hydrogens is 198 g/mol. The van der Waals surface area contributed by atoms with Crippen LogP contribution in [0.25, 0.3) is 0 Å². The van der Waals surface area contributed by atoms with E-state index in [9.17, 15) is 0 Å². The van der Waals surface area contributed by atoms with Gasteiger partial charge in [-0.15, -0.1) is 0 Å². The first-order chi connectivity index (χ1) is 7.61. The van der Waals surface area contributed by atoms with Gasteiger partial charge in [0.1, 0.15) is 0 Å². The van der Waals surface area contributed by atoms with Crippen molar-refractivity contribution in [3.05, 3.63) is 0 Å². The standard InChI is InChI=1S/C14H27NO/c1-11(2)12-4-3-7-14(8-5-12)10-13(15)6-9-16-14/h11-13H,3-10,15H2,1-2H3. The molecule has 2 fully saturated rings. The number of ether oxygens (including phenoxy) is 1. The van der Waals surface area contributed by atoms with Crippen molar-refractivity contribution in [1.29, 1.82) is 0 Å². The molecule has 16 heavy (non-hydrogen) atoms. The van der Waals surface area contributed by atoms with E-state index in [1.165, 1.54) is 32.1 Å². The van der Waals surface area contributed by atoms with Crippen LogP contribution in [0.5, 0.6) is 0 Å². The van der Waals surface area contributed by atoms with Gasteiger partial charge in [0.25, 0.3) is 0 Å². The van der Waals surface area contributed by atoms with Crippen LogP contribution in [-0.2, 0) is 4.74 Å². The van der Waals surface area contributed by atoms with Crippen LogP contribution in [0.15, 0.2) is 0 Å². The second-order valence-electron chi connectivity index (χ2n) is 6.22. The molecule has 0 radical (unpaired) electrons. The first-order valence-corrected chi connectivity index (χ1v) is 7.01. The molecule has 0 amide bonds. The van der Waals surface area contributed by atoms with Gasteiger partial charge in [0, 0.05) is 12.6 Å². The highest BCUT2D eigenvalue weighted by molar-refractivity contribution is 4.91.